The van der Waals surface area contributed by atoms with E-state index in [2.05, 4.69) is 41.8 Å². The number of H-pyrrole nitrogens is 1. The van der Waals surface area contributed by atoms with Crippen LogP contribution in [0.25, 0.3) is 0 Å². The third kappa shape index (κ3) is 12.1. The minimum absolute atomic E-state index is 0.0261. The summed E-state index contributed by atoms with van der Waals surface area (Å²) in [5, 5.41) is 11.1. The highest BCUT2D eigenvalue weighted by molar-refractivity contribution is 9.09. The second kappa shape index (κ2) is 21.0. The lowest BCUT2D eigenvalue weighted by Crippen LogP contribution is -2.39. The zero-order valence-electron chi connectivity index (χ0n) is 32.0. The third-order valence-electron chi connectivity index (χ3n) is 10.3. The molecule has 1 aromatic heterocycles. The smallest absolute Gasteiger partial charge is 0.356 e. The number of aryl methyl sites for hydroxylation is 1. The van der Waals surface area contributed by atoms with Crippen molar-refractivity contribution in [2.24, 2.45) is 5.16 Å². The summed E-state index contributed by atoms with van der Waals surface area (Å²) in [7, 11) is 0. The van der Waals surface area contributed by atoms with E-state index >= 15 is 0 Å². The van der Waals surface area contributed by atoms with Gasteiger partial charge in [0.05, 0.1) is 71.4 Å². The van der Waals surface area contributed by atoms with Crippen molar-refractivity contribution in [3.05, 3.63) is 34.8 Å². The van der Waals surface area contributed by atoms with Gasteiger partial charge in [-0.15, -0.1) is 0 Å². The Balaban J connectivity index is 0.000000145. The average molecular weight is 843 g/mol. The molecule has 5 fully saturated rings. The summed E-state index contributed by atoms with van der Waals surface area (Å²) in [6, 6.07) is 1.86. The minimum Gasteiger partial charge on any atom is -0.461 e. The number of alkyl halides is 1. The van der Waals surface area contributed by atoms with Gasteiger partial charge in [-0.1, -0.05) is 27.2 Å². The van der Waals surface area contributed by atoms with Gasteiger partial charge in [-0.2, -0.15) is 0 Å². The molecule has 0 amide bonds. The maximum absolute atomic E-state index is 11.7. The lowest BCUT2D eigenvalue weighted by atomic mass is 9.92. The summed E-state index contributed by atoms with van der Waals surface area (Å²) < 4.78 is 48.6. The fourth-order valence-corrected chi connectivity index (χ4v) is 7.74. The summed E-state index contributed by atoms with van der Waals surface area (Å²) in [4.78, 5) is 38.8. The van der Waals surface area contributed by atoms with E-state index in [0.29, 0.717) is 63.8 Å². The third-order valence-corrected chi connectivity index (χ3v) is 10.8. The van der Waals surface area contributed by atoms with E-state index in [1.165, 1.54) is 5.70 Å². The first-order chi connectivity index (χ1) is 26.7. The van der Waals surface area contributed by atoms with Crippen molar-refractivity contribution in [1.82, 2.24) is 9.88 Å². The number of rotatable bonds is 6. The number of halogens is 1. The molecule has 0 bridgehead atoms. The Morgan fingerprint density at radius 3 is 1.93 bits per heavy atom. The van der Waals surface area contributed by atoms with Gasteiger partial charge in [-0.05, 0) is 38.3 Å². The van der Waals surface area contributed by atoms with Gasteiger partial charge >= 0.3 is 11.9 Å². The molecule has 1 aromatic rings. The highest BCUT2D eigenvalue weighted by atomic mass is 79.9. The van der Waals surface area contributed by atoms with Crippen LogP contribution < -0.4 is 0 Å². The Kier molecular flexibility index (Phi) is 16.5. The van der Waals surface area contributed by atoms with Crippen LogP contribution in [0, 0.1) is 0 Å². The Morgan fingerprint density at radius 2 is 1.38 bits per heavy atom. The maximum Gasteiger partial charge on any atom is 0.356 e. The zero-order chi connectivity index (χ0) is 39.2. The Bertz CT molecular complexity index is 1460. The molecule has 0 unspecified atom stereocenters. The molecule has 3 aliphatic carbocycles. The molecule has 8 rings (SSSR count). The number of aromatic nitrogens is 1. The molecular weight excluding hydrogens is 786 g/mol. The fraction of sp³-hybridized carbons (Fsp3) is 0.737. The van der Waals surface area contributed by atoms with E-state index in [1.807, 2.05) is 6.07 Å². The molecule has 0 radical (unpaired) electrons. The van der Waals surface area contributed by atoms with E-state index in [9.17, 15) is 14.4 Å². The Labute approximate surface area is 330 Å². The summed E-state index contributed by atoms with van der Waals surface area (Å²) in [5.74, 6) is -1.66. The molecular formula is C38H56BrN3O13. The number of ether oxygens (including phenoxy) is 9. The molecule has 0 aromatic carbocycles. The first-order valence-corrected chi connectivity index (χ1v) is 20.5. The van der Waals surface area contributed by atoms with Gasteiger partial charge < -0.3 is 57.7 Å². The van der Waals surface area contributed by atoms with Gasteiger partial charge in [0.1, 0.15) is 11.5 Å². The standard InChI is InChI=1S/C13H17NO4.C12H19NO3.C8H12O3.C5H8BrNO3/c1-2-16-12(15)11-7-9-8-13(17-5-6-18-13)4-3-10(9)14-11;1-3-12(15-9-10-16-12)4-2-11(1)13-5-7-14-8-6-13;9-7-1-3-8(4-2-7)10-5-6-11-8;1-2-10-5(8)4(3-6)7-9/h7,14H,2-6,8H2,1H3;1H,2-10H2;1-6H2;9H,2-3H2,1H3. The summed E-state index contributed by atoms with van der Waals surface area (Å²) in [6.07, 6.45) is 10.4. The number of morpholine rings is 1. The van der Waals surface area contributed by atoms with Crippen molar-refractivity contribution in [3.63, 3.8) is 0 Å². The van der Waals surface area contributed by atoms with Crippen LogP contribution in [0.1, 0.15) is 87.0 Å². The van der Waals surface area contributed by atoms with E-state index in [-0.39, 0.29) is 35.2 Å². The van der Waals surface area contributed by atoms with E-state index in [1.54, 1.807) is 13.8 Å². The molecule has 0 atom stereocenters. The zero-order valence-corrected chi connectivity index (χ0v) is 33.6. The molecule has 4 saturated heterocycles. The van der Waals surface area contributed by atoms with Crippen molar-refractivity contribution in [2.75, 3.05) is 84.5 Å². The number of oxime groups is 1. The van der Waals surface area contributed by atoms with Crippen LogP contribution in [0.5, 0.6) is 0 Å². The number of allylic oxidation sites excluding steroid dienone is 1. The second-order valence-electron chi connectivity index (χ2n) is 13.8. The summed E-state index contributed by atoms with van der Waals surface area (Å²) >= 11 is 2.95. The molecule has 3 spiro atoms. The number of hydrogen-bond donors (Lipinski definition) is 2. The molecule has 308 valence electrons. The van der Waals surface area contributed by atoms with Crippen molar-refractivity contribution in [1.29, 1.82) is 0 Å². The van der Waals surface area contributed by atoms with Crippen LogP contribution in [0.4, 0.5) is 0 Å². The number of fused-ring (bicyclic) bond motifs is 1. The molecule has 1 saturated carbocycles. The minimum atomic E-state index is -0.595. The number of carbonyl (C=O) groups is 3. The van der Waals surface area contributed by atoms with Crippen LogP contribution in [-0.2, 0) is 65.1 Å². The number of aromatic amines is 1. The van der Waals surface area contributed by atoms with Crippen LogP contribution in [-0.4, -0.2) is 140 Å². The fourth-order valence-electron chi connectivity index (χ4n) is 7.40. The molecule has 2 N–H and O–H groups in total. The number of hydrogen-bond acceptors (Lipinski definition) is 15. The topological polar surface area (TPSA) is 186 Å². The van der Waals surface area contributed by atoms with Crippen LogP contribution in [0.15, 0.2) is 23.0 Å². The van der Waals surface area contributed by atoms with Crippen molar-refractivity contribution in [2.45, 2.75) is 95.4 Å². The van der Waals surface area contributed by atoms with E-state index < -0.39 is 11.8 Å². The first kappa shape index (κ1) is 43.2. The van der Waals surface area contributed by atoms with Gasteiger partial charge in [0.2, 0.25) is 0 Å². The first-order valence-electron chi connectivity index (χ1n) is 19.4. The number of esters is 2. The lowest BCUT2D eigenvalue weighted by Gasteiger charge is -2.37. The predicted octanol–water partition coefficient (Wildman–Crippen LogP) is 4.20. The number of ketones is 1. The molecule has 16 nitrogen and oxygen atoms in total. The molecule has 55 heavy (non-hydrogen) atoms. The van der Waals surface area contributed by atoms with Gasteiger partial charge in [0, 0.05) is 75.8 Å². The Hall–Kier alpha value is -2.90. The SMILES string of the molecule is C1=C(N2CCOCC2)CCC2(C1)OCCO2.CCOC(=O)C(CBr)=NO.CCOC(=O)c1cc2c([nH]1)CCC1(C2)OCCO1.O=C1CCC2(CC1)OCCO2. The van der Waals surface area contributed by atoms with Gasteiger partial charge in [-0.25, -0.2) is 9.59 Å². The highest BCUT2D eigenvalue weighted by Gasteiger charge is 2.42. The second-order valence-corrected chi connectivity index (χ2v) is 14.4. The highest BCUT2D eigenvalue weighted by Crippen LogP contribution is 2.37. The van der Waals surface area contributed by atoms with Crippen molar-refractivity contribution < 1.29 is 62.2 Å². The molecule has 5 heterocycles. The molecule has 4 aliphatic heterocycles. The van der Waals surface area contributed by atoms with Crippen LogP contribution >= 0.6 is 15.9 Å². The summed E-state index contributed by atoms with van der Waals surface area (Å²) in [5.41, 5.74) is 4.15. The average Bonchev–Trinajstić information content (AvgIpc) is 4.04. The number of carbonyl (C=O) groups excluding carboxylic acids is 3. The number of Topliss-reactive ketones (excluding diaryl/α,β-unsaturated/α-hetero) is 1. The quantitative estimate of drug-likeness (QED) is 0.137. The van der Waals surface area contributed by atoms with Crippen molar-refractivity contribution >= 4 is 39.4 Å². The van der Waals surface area contributed by atoms with Crippen molar-refractivity contribution in [3.8, 4) is 0 Å². The molecule has 17 heteroatoms. The largest absolute Gasteiger partial charge is 0.461 e. The maximum atomic E-state index is 11.7. The number of nitrogens with one attached hydrogen (secondary N) is 1. The van der Waals surface area contributed by atoms with Crippen LogP contribution in [0.2, 0.25) is 0 Å². The van der Waals surface area contributed by atoms with Crippen LogP contribution in [0.3, 0.4) is 0 Å². The van der Waals surface area contributed by atoms with E-state index in [0.717, 1.165) is 95.7 Å². The van der Waals surface area contributed by atoms with Gasteiger partial charge in [-0.3, -0.25) is 4.79 Å². The monoisotopic (exact) mass is 841 g/mol. The Morgan fingerprint density at radius 1 is 0.818 bits per heavy atom. The summed E-state index contributed by atoms with van der Waals surface area (Å²) in [6.45, 7) is 12.1. The van der Waals surface area contributed by atoms with E-state index in [4.69, 9.17) is 43.1 Å². The molecule has 7 aliphatic rings. The lowest BCUT2D eigenvalue weighted by molar-refractivity contribution is -0.179. The van der Waals surface area contributed by atoms with Gasteiger partial charge in [0.25, 0.3) is 0 Å². The predicted molar refractivity (Wildman–Crippen MR) is 200 cm³/mol. The van der Waals surface area contributed by atoms with Gasteiger partial charge in [0.15, 0.2) is 23.1 Å². The number of nitrogens with zero attached hydrogens (tertiary/aromatic N) is 2. The normalized spacial score (nSPS) is 23.4.